The van der Waals surface area contributed by atoms with E-state index >= 15 is 0 Å². The Balaban J connectivity index is 1.97. The van der Waals surface area contributed by atoms with Crippen molar-refractivity contribution in [2.75, 3.05) is 18.8 Å². The first-order valence-electron chi connectivity index (χ1n) is 5.77. The minimum absolute atomic E-state index is 0.365. The average Bonchev–Trinajstić information content (AvgIpc) is 2.77. The number of thioether (sulfide) groups is 1. The molecule has 0 saturated carbocycles. The smallest absolute Gasteiger partial charge is 0.160 e. The molecular formula is C13H16N2S. The molecule has 0 N–H and O–H groups in total. The molecule has 1 fully saturated rings. The van der Waals surface area contributed by atoms with Crippen molar-refractivity contribution in [3.8, 4) is 0 Å². The summed E-state index contributed by atoms with van der Waals surface area (Å²) < 4.78 is 0. The minimum atomic E-state index is 0.365. The molecule has 1 saturated heterocycles. The fourth-order valence-electron chi connectivity index (χ4n) is 2.61. The quantitative estimate of drug-likeness (QED) is 0.740. The molecule has 0 bridgehead atoms. The first kappa shape index (κ1) is 10.2. The molecule has 0 radical (unpaired) electrons. The first-order chi connectivity index (χ1) is 7.75. The second-order valence-electron chi connectivity index (χ2n) is 4.53. The van der Waals surface area contributed by atoms with Gasteiger partial charge in [0.2, 0.25) is 0 Å². The van der Waals surface area contributed by atoms with Crippen molar-refractivity contribution in [1.82, 2.24) is 4.90 Å². The number of hydrogen-bond donors (Lipinski definition) is 0. The highest BCUT2D eigenvalue weighted by molar-refractivity contribution is 8.14. The topological polar surface area (TPSA) is 15.6 Å². The van der Waals surface area contributed by atoms with Crippen molar-refractivity contribution in [2.45, 2.75) is 19.9 Å². The lowest BCUT2D eigenvalue weighted by atomic mass is 9.97. The molecule has 0 unspecified atom stereocenters. The van der Waals surface area contributed by atoms with Gasteiger partial charge in [0.15, 0.2) is 5.17 Å². The Bertz CT molecular complexity index is 433. The summed E-state index contributed by atoms with van der Waals surface area (Å²) in [6.07, 6.45) is 0. The molecule has 2 aliphatic heterocycles. The van der Waals surface area contributed by atoms with Crippen LogP contribution in [0, 0.1) is 13.8 Å². The standard InChI is InChI=1S/C13H16N2S/c1-9-4-3-5-10(2)12(9)11-8-15-6-7-16-13(15)14-11/h3-5,11H,6-8H2,1-2H3/t11-/m0/s1. The van der Waals surface area contributed by atoms with Gasteiger partial charge < -0.3 is 4.90 Å². The molecule has 0 amide bonds. The lowest BCUT2D eigenvalue weighted by molar-refractivity contribution is 0.463. The van der Waals surface area contributed by atoms with Crippen LogP contribution >= 0.6 is 11.8 Å². The summed E-state index contributed by atoms with van der Waals surface area (Å²) in [5, 5.41) is 1.26. The molecule has 3 heteroatoms. The number of amidine groups is 1. The zero-order valence-corrected chi connectivity index (χ0v) is 10.5. The highest BCUT2D eigenvalue weighted by Crippen LogP contribution is 2.34. The van der Waals surface area contributed by atoms with E-state index in [2.05, 4.69) is 36.9 Å². The average molecular weight is 232 g/mol. The van der Waals surface area contributed by atoms with Crippen LogP contribution in [-0.4, -0.2) is 28.9 Å². The van der Waals surface area contributed by atoms with Crippen LogP contribution in [0.2, 0.25) is 0 Å². The van der Waals surface area contributed by atoms with Crippen molar-refractivity contribution in [3.05, 3.63) is 34.9 Å². The number of fused-ring (bicyclic) bond motifs is 1. The van der Waals surface area contributed by atoms with E-state index in [1.165, 1.54) is 34.2 Å². The van der Waals surface area contributed by atoms with Crippen LogP contribution in [0.15, 0.2) is 23.2 Å². The fourth-order valence-corrected chi connectivity index (χ4v) is 3.66. The summed E-state index contributed by atoms with van der Waals surface area (Å²) in [7, 11) is 0. The third kappa shape index (κ3) is 1.54. The monoisotopic (exact) mass is 232 g/mol. The normalized spacial score (nSPS) is 23.5. The van der Waals surface area contributed by atoms with E-state index in [4.69, 9.17) is 4.99 Å². The highest BCUT2D eigenvalue weighted by Gasteiger charge is 2.31. The van der Waals surface area contributed by atoms with Crippen molar-refractivity contribution in [2.24, 2.45) is 4.99 Å². The SMILES string of the molecule is Cc1cccc(C)c1[C@@H]1CN2CCSC2=N1. The Hall–Kier alpha value is -0.960. The Labute approximate surface area is 101 Å². The van der Waals surface area contributed by atoms with Gasteiger partial charge in [-0.3, -0.25) is 4.99 Å². The molecule has 3 rings (SSSR count). The summed E-state index contributed by atoms with van der Waals surface area (Å²) in [6.45, 7) is 6.64. The van der Waals surface area contributed by atoms with Crippen LogP contribution < -0.4 is 0 Å². The first-order valence-corrected chi connectivity index (χ1v) is 6.76. The van der Waals surface area contributed by atoms with E-state index < -0.39 is 0 Å². The van der Waals surface area contributed by atoms with E-state index in [9.17, 15) is 0 Å². The van der Waals surface area contributed by atoms with Crippen LogP contribution in [0.1, 0.15) is 22.7 Å². The van der Waals surface area contributed by atoms with E-state index in [0.29, 0.717) is 6.04 Å². The van der Waals surface area contributed by atoms with Crippen LogP contribution in [0.25, 0.3) is 0 Å². The van der Waals surface area contributed by atoms with Crippen molar-refractivity contribution < 1.29 is 0 Å². The van der Waals surface area contributed by atoms with Crippen LogP contribution in [-0.2, 0) is 0 Å². The van der Waals surface area contributed by atoms with Gasteiger partial charge in [-0.1, -0.05) is 30.0 Å². The predicted molar refractivity (Wildman–Crippen MR) is 70.1 cm³/mol. The van der Waals surface area contributed by atoms with Crippen molar-refractivity contribution in [3.63, 3.8) is 0 Å². The summed E-state index contributed by atoms with van der Waals surface area (Å²) in [6, 6.07) is 6.88. The third-order valence-electron chi connectivity index (χ3n) is 3.40. The van der Waals surface area contributed by atoms with Gasteiger partial charge in [0, 0.05) is 18.8 Å². The Morgan fingerprint density at radius 2 is 2.06 bits per heavy atom. The minimum Gasteiger partial charge on any atom is -0.348 e. The Kier molecular flexibility index (Phi) is 2.43. The van der Waals surface area contributed by atoms with Crippen molar-refractivity contribution in [1.29, 1.82) is 0 Å². The molecule has 0 aromatic heterocycles. The lowest BCUT2D eigenvalue weighted by Gasteiger charge is -2.16. The molecule has 1 aromatic rings. The van der Waals surface area contributed by atoms with Gasteiger partial charge in [-0.2, -0.15) is 0 Å². The van der Waals surface area contributed by atoms with Gasteiger partial charge in [-0.25, -0.2) is 0 Å². The van der Waals surface area contributed by atoms with Gasteiger partial charge in [0.25, 0.3) is 0 Å². The number of aliphatic imine (C=N–C) groups is 1. The third-order valence-corrected chi connectivity index (χ3v) is 4.41. The summed E-state index contributed by atoms with van der Waals surface area (Å²) >= 11 is 1.90. The van der Waals surface area contributed by atoms with Gasteiger partial charge in [-0.15, -0.1) is 0 Å². The second-order valence-corrected chi connectivity index (χ2v) is 5.59. The molecule has 84 valence electrons. The summed E-state index contributed by atoms with van der Waals surface area (Å²) in [5.41, 5.74) is 4.19. The summed E-state index contributed by atoms with van der Waals surface area (Å²) in [4.78, 5) is 7.27. The van der Waals surface area contributed by atoms with E-state index in [0.717, 1.165) is 6.54 Å². The van der Waals surface area contributed by atoms with E-state index in [-0.39, 0.29) is 0 Å². The lowest BCUT2D eigenvalue weighted by Crippen LogP contribution is -2.22. The number of rotatable bonds is 1. The van der Waals surface area contributed by atoms with Crippen molar-refractivity contribution >= 4 is 16.9 Å². The number of benzene rings is 1. The molecule has 0 aliphatic carbocycles. The molecule has 1 atom stereocenters. The number of nitrogens with zero attached hydrogens (tertiary/aromatic N) is 2. The molecule has 1 aromatic carbocycles. The van der Waals surface area contributed by atoms with E-state index in [1.807, 2.05) is 11.8 Å². The zero-order chi connectivity index (χ0) is 11.1. The zero-order valence-electron chi connectivity index (χ0n) is 9.73. The molecule has 0 spiro atoms. The van der Waals surface area contributed by atoms with Crippen LogP contribution in [0.4, 0.5) is 0 Å². The van der Waals surface area contributed by atoms with Gasteiger partial charge in [0.1, 0.15) is 0 Å². The molecular weight excluding hydrogens is 216 g/mol. The van der Waals surface area contributed by atoms with Crippen LogP contribution in [0.3, 0.4) is 0 Å². The van der Waals surface area contributed by atoms with Gasteiger partial charge in [-0.05, 0) is 30.5 Å². The molecule has 2 nitrogen and oxygen atoms in total. The predicted octanol–water partition coefficient (Wildman–Crippen LogP) is 2.76. The number of aryl methyl sites for hydroxylation is 2. The van der Waals surface area contributed by atoms with Crippen LogP contribution in [0.5, 0.6) is 0 Å². The molecule has 2 heterocycles. The molecule has 2 aliphatic rings. The largest absolute Gasteiger partial charge is 0.348 e. The maximum atomic E-state index is 4.85. The number of hydrogen-bond acceptors (Lipinski definition) is 3. The van der Waals surface area contributed by atoms with E-state index in [1.54, 1.807) is 0 Å². The van der Waals surface area contributed by atoms with Gasteiger partial charge >= 0.3 is 0 Å². The van der Waals surface area contributed by atoms with Gasteiger partial charge in [0.05, 0.1) is 6.04 Å². The Morgan fingerprint density at radius 3 is 2.75 bits per heavy atom. The highest BCUT2D eigenvalue weighted by atomic mass is 32.2. The maximum absolute atomic E-state index is 4.85. The summed E-state index contributed by atoms with van der Waals surface area (Å²) in [5.74, 6) is 1.21. The maximum Gasteiger partial charge on any atom is 0.160 e. The molecule has 16 heavy (non-hydrogen) atoms. The Morgan fingerprint density at radius 1 is 1.31 bits per heavy atom. The second kappa shape index (κ2) is 3.81. The fraction of sp³-hybridized carbons (Fsp3) is 0.462.